The fourth-order valence-corrected chi connectivity index (χ4v) is 7.62. The van der Waals surface area contributed by atoms with E-state index in [0.29, 0.717) is 63.5 Å². The second-order valence-electron chi connectivity index (χ2n) is 11.8. The molecule has 1 aromatic carbocycles. The molecule has 41 heavy (non-hydrogen) atoms. The van der Waals surface area contributed by atoms with E-state index in [2.05, 4.69) is 19.2 Å². The van der Waals surface area contributed by atoms with Gasteiger partial charge in [-0.05, 0) is 80.0 Å². The molecule has 2 aromatic rings. The number of nitrogens with one attached hydrogen (secondary N) is 1. The first-order valence-corrected chi connectivity index (χ1v) is 15.9. The number of hydrogen-bond donors (Lipinski definition) is 1. The fourth-order valence-electron chi connectivity index (χ4n) is 6.28. The quantitative estimate of drug-likeness (QED) is 0.163. The van der Waals surface area contributed by atoms with Crippen LogP contribution in [0.2, 0.25) is 0 Å². The highest BCUT2D eigenvalue weighted by molar-refractivity contribution is 8.26. The van der Waals surface area contributed by atoms with Gasteiger partial charge >= 0.3 is 0 Å². The molecule has 2 amide bonds. The van der Waals surface area contributed by atoms with Crippen LogP contribution in [0.15, 0.2) is 33.6 Å². The lowest BCUT2D eigenvalue weighted by atomic mass is 9.94. The molecule has 2 aliphatic carbocycles. The van der Waals surface area contributed by atoms with Crippen molar-refractivity contribution < 1.29 is 23.5 Å². The summed E-state index contributed by atoms with van der Waals surface area (Å²) in [5, 5.41) is 3.03. The molecule has 3 aliphatic rings. The van der Waals surface area contributed by atoms with Gasteiger partial charge in [-0.25, -0.2) is 0 Å². The number of rotatable bonds is 12. The van der Waals surface area contributed by atoms with Crippen molar-refractivity contribution in [1.82, 2.24) is 10.2 Å². The van der Waals surface area contributed by atoms with Crippen LogP contribution in [0.3, 0.4) is 0 Å². The molecule has 9 heteroatoms. The van der Waals surface area contributed by atoms with E-state index in [1.54, 1.807) is 14.2 Å². The second kappa shape index (κ2) is 13.0. The zero-order valence-electron chi connectivity index (χ0n) is 24.4. The molecule has 2 bridgehead atoms. The summed E-state index contributed by atoms with van der Waals surface area (Å²) in [5.41, 5.74) is 1.79. The molecule has 1 N–H and O–H groups in total. The highest BCUT2D eigenvalue weighted by Gasteiger charge is 2.48. The molecule has 1 aromatic heterocycles. The highest BCUT2D eigenvalue weighted by atomic mass is 32.2. The molecule has 3 fully saturated rings. The van der Waals surface area contributed by atoms with E-state index < -0.39 is 0 Å². The molecule has 5 rings (SSSR count). The number of amides is 2. The molecule has 0 radical (unpaired) electrons. The van der Waals surface area contributed by atoms with E-state index in [-0.39, 0.29) is 17.9 Å². The minimum absolute atomic E-state index is 0.0121. The van der Waals surface area contributed by atoms with Gasteiger partial charge in [0.05, 0.1) is 19.1 Å². The largest absolute Gasteiger partial charge is 0.497 e. The molecule has 220 valence electrons. The van der Waals surface area contributed by atoms with Crippen molar-refractivity contribution in [2.24, 2.45) is 17.8 Å². The van der Waals surface area contributed by atoms with Crippen molar-refractivity contribution in [2.75, 3.05) is 20.8 Å². The third kappa shape index (κ3) is 6.83. The smallest absolute Gasteiger partial charge is 0.266 e. The first kappa shape index (κ1) is 29.7. The van der Waals surface area contributed by atoms with Crippen molar-refractivity contribution >= 4 is 46.2 Å². The number of carbonyl (C=O) groups excluding carboxylic acids is 2. The van der Waals surface area contributed by atoms with Crippen molar-refractivity contribution in [2.45, 2.75) is 71.3 Å². The zero-order valence-corrected chi connectivity index (χ0v) is 26.0. The van der Waals surface area contributed by atoms with Crippen molar-refractivity contribution in [3.63, 3.8) is 0 Å². The van der Waals surface area contributed by atoms with Gasteiger partial charge in [-0.1, -0.05) is 44.2 Å². The Morgan fingerprint density at radius 3 is 2.56 bits per heavy atom. The van der Waals surface area contributed by atoms with E-state index in [1.807, 2.05) is 35.2 Å². The lowest BCUT2D eigenvalue weighted by Gasteiger charge is -2.30. The molecule has 2 heterocycles. The van der Waals surface area contributed by atoms with Crippen LogP contribution < -0.4 is 14.8 Å². The summed E-state index contributed by atoms with van der Waals surface area (Å²) in [5.74, 6) is 4.48. The maximum atomic E-state index is 13.6. The molecular weight excluding hydrogens is 556 g/mol. The van der Waals surface area contributed by atoms with E-state index in [4.69, 9.17) is 26.1 Å². The predicted octanol–water partition coefficient (Wildman–Crippen LogP) is 6.84. The third-order valence-electron chi connectivity index (χ3n) is 8.49. The summed E-state index contributed by atoms with van der Waals surface area (Å²) in [6, 6.07) is 7.85. The zero-order chi connectivity index (χ0) is 29.1. The number of methoxy groups -OCH3 is 2. The average Bonchev–Trinajstić information content (AvgIpc) is 3.74. The molecule has 3 atom stereocenters. The molecule has 3 unspecified atom stereocenters. The number of benzene rings is 1. The molecular formula is C32H40N2O5S2. The Hall–Kier alpha value is -2.78. The van der Waals surface area contributed by atoms with Gasteiger partial charge in [0.1, 0.15) is 27.3 Å². The Balaban J connectivity index is 1.37. The SMILES string of the molecule is COc1cc(OC)cc(-c2cc(CCCNC(=O)CCC(C)C)c(/C=C3\SC(=S)N(C4CC5CCC4C5)C3=O)o2)c1. The standard InChI is InChI=1S/C32H40N2O5S2/c1-19(2)7-10-30(35)33-11-5-6-22-16-27(23-14-24(37-3)17-25(15-23)38-4)39-28(22)18-29-31(36)34(32(40)41-29)26-13-20-8-9-21(26)12-20/h14-21,26H,5-13H2,1-4H3,(H,33,35)/b29-18-. The number of aryl methyl sites for hydroxylation is 1. The van der Waals surface area contributed by atoms with Gasteiger partial charge in [0.15, 0.2) is 0 Å². The number of carbonyl (C=O) groups is 2. The van der Waals surface area contributed by atoms with Gasteiger partial charge in [0.2, 0.25) is 5.91 Å². The van der Waals surface area contributed by atoms with Crippen molar-refractivity contribution in [1.29, 1.82) is 0 Å². The van der Waals surface area contributed by atoms with Gasteiger partial charge in [-0.2, -0.15) is 0 Å². The summed E-state index contributed by atoms with van der Waals surface area (Å²) >= 11 is 7.08. The molecule has 1 aliphatic heterocycles. The summed E-state index contributed by atoms with van der Waals surface area (Å²) in [4.78, 5) is 28.3. The van der Waals surface area contributed by atoms with Crippen LogP contribution in [0.5, 0.6) is 11.5 Å². The number of thioether (sulfide) groups is 1. The van der Waals surface area contributed by atoms with Gasteiger partial charge < -0.3 is 19.2 Å². The maximum absolute atomic E-state index is 13.6. The first-order valence-electron chi connectivity index (χ1n) is 14.7. The molecule has 2 saturated carbocycles. The minimum Gasteiger partial charge on any atom is -0.497 e. The van der Waals surface area contributed by atoms with Crippen LogP contribution in [0.4, 0.5) is 0 Å². The number of nitrogens with zero attached hydrogens (tertiary/aromatic N) is 1. The van der Waals surface area contributed by atoms with Crippen LogP contribution in [0.1, 0.15) is 70.1 Å². The summed E-state index contributed by atoms with van der Waals surface area (Å²) < 4.78 is 18.0. The monoisotopic (exact) mass is 596 g/mol. The third-order valence-corrected chi connectivity index (χ3v) is 9.82. The Labute approximate surface area is 252 Å². The lowest BCUT2D eigenvalue weighted by molar-refractivity contribution is -0.124. The van der Waals surface area contributed by atoms with Crippen LogP contribution in [0, 0.1) is 17.8 Å². The number of furan rings is 1. The molecule has 0 spiro atoms. The van der Waals surface area contributed by atoms with Gasteiger partial charge in [0, 0.05) is 36.7 Å². The molecule has 1 saturated heterocycles. The van der Waals surface area contributed by atoms with E-state index in [9.17, 15) is 9.59 Å². The fraction of sp³-hybridized carbons (Fsp3) is 0.531. The van der Waals surface area contributed by atoms with Crippen molar-refractivity contribution in [3.8, 4) is 22.8 Å². The summed E-state index contributed by atoms with van der Waals surface area (Å²) in [6.07, 6.45) is 9.45. The number of fused-ring (bicyclic) bond motifs is 2. The van der Waals surface area contributed by atoms with E-state index in [1.165, 1.54) is 31.0 Å². The lowest BCUT2D eigenvalue weighted by Crippen LogP contribution is -2.41. The summed E-state index contributed by atoms with van der Waals surface area (Å²) in [6.45, 7) is 4.82. The van der Waals surface area contributed by atoms with E-state index in [0.717, 1.165) is 36.3 Å². The van der Waals surface area contributed by atoms with Crippen LogP contribution >= 0.6 is 24.0 Å². The normalized spacial score (nSPS) is 22.8. The topological polar surface area (TPSA) is 81.0 Å². The van der Waals surface area contributed by atoms with Crippen LogP contribution in [-0.2, 0) is 16.0 Å². The van der Waals surface area contributed by atoms with Gasteiger partial charge in [-0.15, -0.1) is 0 Å². The van der Waals surface area contributed by atoms with E-state index >= 15 is 0 Å². The molecule has 7 nitrogen and oxygen atoms in total. The Bertz CT molecular complexity index is 1310. The predicted molar refractivity (Wildman–Crippen MR) is 167 cm³/mol. The average molecular weight is 597 g/mol. The maximum Gasteiger partial charge on any atom is 0.266 e. The van der Waals surface area contributed by atoms with Gasteiger partial charge in [-0.3, -0.25) is 14.5 Å². The Morgan fingerprint density at radius 1 is 1.17 bits per heavy atom. The van der Waals surface area contributed by atoms with Crippen LogP contribution in [0.25, 0.3) is 17.4 Å². The van der Waals surface area contributed by atoms with Crippen molar-refractivity contribution in [3.05, 3.63) is 40.5 Å². The number of hydrogen-bond acceptors (Lipinski definition) is 7. The van der Waals surface area contributed by atoms with Gasteiger partial charge in [0.25, 0.3) is 5.91 Å². The Kier molecular flexibility index (Phi) is 9.44. The number of thiocarbonyl (C=S) groups is 1. The first-order chi connectivity index (χ1) is 19.7. The summed E-state index contributed by atoms with van der Waals surface area (Å²) in [7, 11) is 3.23. The minimum atomic E-state index is -0.0121. The highest BCUT2D eigenvalue weighted by Crippen LogP contribution is 2.49. The number of ether oxygens (including phenoxy) is 2. The van der Waals surface area contributed by atoms with Crippen LogP contribution in [-0.4, -0.2) is 47.8 Å². The second-order valence-corrected chi connectivity index (χ2v) is 13.5. The Morgan fingerprint density at radius 2 is 1.93 bits per heavy atom.